The maximum Gasteiger partial charge on any atom is 0.224 e. The second kappa shape index (κ2) is 6.90. The maximum atomic E-state index is 6.02. The molecule has 20 heavy (non-hydrogen) atoms. The van der Waals surface area contributed by atoms with Crippen LogP contribution in [-0.4, -0.2) is 16.5 Å². The van der Waals surface area contributed by atoms with Crippen LogP contribution in [0.4, 0.5) is 17.5 Å². The summed E-state index contributed by atoms with van der Waals surface area (Å²) in [5.74, 6) is 1.39. The van der Waals surface area contributed by atoms with Crippen LogP contribution in [0.25, 0.3) is 0 Å². The molecule has 1 heterocycles. The Balaban J connectivity index is 2.25. The number of hydrogen-bond donors (Lipinski definition) is 2. The number of halogens is 2. The Kier molecular flexibility index (Phi) is 5.20. The Labute approximate surface area is 132 Å². The van der Waals surface area contributed by atoms with E-state index < -0.39 is 0 Å². The summed E-state index contributed by atoms with van der Waals surface area (Å²) in [6.45, 7) is 4.91. The predicted molar refractivity (Wildman–Crippen MR) is 88.0 cm³/mol. The number of nitrogens with one attached hydrogen (secondary N) is 2. The molecule has 0 atom stereocenters. The lowest BCUT2D eigenvalue weighted by Gasteiger charge is -2.12. The number of aryl methyl sites for hydroxylation is 1. The van der Waals surface area contributed by atoms with Crippen LogP contribution in [-0.2, 0) is 0 Å². The lowest BCUT2D eigenvalue weighted by molar-refractivity contribution is 0.950. The summed E-state index contributed by atoms with van der Waals surface area (Å²) >= 11 is 9.51. The monoisotopic (exact) mass is 354 g/mol. The van der Waals surface area contributed by atoms with Gasteiger partial charge in [-0.15, -0.1) is 0 Å². The van der Waals surface area contributed by atoms with Gasteiger partial charge in [0.1, 0.15) is 5.82 Å². The average Bonchev–Trinajstić information content (AvgIpc) is 2.43. The predicted octanol–water partition coefficient (Wildman–Crippen LogP) is 4.77. The van der Waals surface area contributed by atoms with E-state index >= 15 is 0 Å². The van der Waals surface area contributed by atoms with Crippen LogP contribution in [0, 0.1) is 6.92 Å². The van der Waals surface area contributed by atoms with Gasteiger partial charge in [-0.3, -0.25) is 0 Å². The van der Waals surface area contributed by atoms with Crippen LogP contribution in [0.2, 0.25) is 5.02 Å². The molecule has 0 unspecified atom stereocenters. The van der Waals surface area contributed by atoms with Gasteiger partial charge in [0.05, 0.1) is 5.69 Å². The zero-order valence-corrected chi connectivity index (χ0v) is 13.7. The van der Waals surface area contributed by atoms with Crippen molar-refractivity contribution < 1.29 is 0 Å². The highest BCUT2D eigenvalue weighted by atomic mass is 79.9. The Morgan fingerprint density at radius 1 is 1.35 bits per heavy atom. The van der Waals surface area contributed by atoms with Crippen LogP contribution in [0.15, 0.2) is 28.9 Å². The summed E-state index contributed by atoms with van der Waals surface area (Å²) < 4.78 is 0.933. The first kappa shape index (κ1) is 15.1. The third kappa shape index (κ3) is 3.84. The van der Waals surface area contributed by atoms with E-state index in [-0.39, 0.29) is 0 Å². The van der Waals surface area contributed by atoms with Crippen molar-refractivity contribution in [2.75, 3.05) is 17.2 Å². The van der Waals surface area contributed by atoms with E-state index in [0.29, 0.717) is 11.0 Å². The summed E-state index contributed by atoms with van der Waals surface area (Å²) in [7, 11) is 0. The number of benzene rings is 1. The van der Waals surface area contributed by atoms with E-state index in [1.165, 1.54) is 0 Å². The standard InChI is InChI=1S/C14H16BrClN4/c1-3-6-17-14-18-8-9(2)13(20-14)19-12-7-10(16)4-5-11(12)15/h4-5,7-8H,3,6H2,1-2H3,(H2,17,18,19,20). The molecule has 2 rings (SSSR count). The first-order valence-electron chi connectivity index (χ1n) is 6.39. The van der Waals surface area contributed by atoms with Gasteiger partial charge in [0.25, 0.3) is 0 Å². The van der Waals surface area contributed by atoms with Crippen LogP contribution >= 0.6 is 27.5 Å². The number of aromatic nitrogens is 2. The maximum absolute atomic E-state index is 6.02. The van der Waals surface area contributed by atoms with Gasteiger partial charge >= 0.3 is 0 Å². The Bertz CT molecular complexity index is 604. The van der Waals surface area contributed by atoms with Crippen LogP contribution in [0.1, 0.15) is 18.9 Å². The zero-order chi connectivity index (χ0) is 14.5. The minimum Gasteiger partial charge on any atom is -0.354 e. The van der Waals surface area contributed by atoms with E-state index in [1.807, 2.05) is 25.1 Å². The van der Waals surface area contributed by atoms with E-state index in [4.69, 9.17) is 11.6 Å². The van der Waals surface area contributed by atoms with Gasteiger partial charge in [-0.2, -0.15) is 4.98 Å². The molecule has 0 aliphatic heterocycles. The fraction of sp³-hybridized carbons (Fsp3) is 0.286. The van der Waals surface area contributed by atoms with E-state index in [2.05, 4.69) is 43.5 Å². The molecule has 0 spiro atoms. The normalized spacial score (nSPS) is 10.4. The van der Waals surface area contributed by atoms with Crippen LogP contribution < -0.4 is 10.6 Å². The van der Waals surface area contributed by atoms with Crippen molar-refractivity contribution in [1.29, 1.82) is 0 Å². The highest BCUT2D eigenvalue weighted by Crippen LogP contribution is 2.29. The minimum atomic E-state index is 0.623. The molecule has 1 aromatic carbocycles. The quantitative estimate of drug-likeness (QED) is 0.811. The van der Waals surface area contributed by atoms with Crippen LogP contribution in [0.3, 0.4) is 0 Å². The molecule has 0 saturated heterocycles. The minimum absolute atomic E-state index is 0.623. The molecule has 0 aliphatic rings. The Morgan fingerprint density at radius 2 is 2.15 bits per heavy atom. The lowest BCUT2D eigenvalue weighted by Crippen LogP contribution is -2.07. The Morgan fingerprint density at radius 3 is 2.90 bits per heavy atom. The van der Waals surface area contributed by atoms with E-state index in [0.717, 1.165) is 34.5 Å². The van der Waals surface area contributed by atoms with Crippen molar-refractivity contribution in [3.63, 3.8) is 0 Å². The van der Waals surface area contributed by atoms with Gasteiger partial charge < -0.3 is 10.6 Å². The summed E-state index contributed by atoms with van der Waals surface area (Å²) in [6.07, 6.45) is 2.83. The number of anilines is 3. The average molecular weight is 356 g/mol. The van der Waals surface area contributed by atoms with Crippen molar-refractivity contribution in [2.45, 2.75) is 20.3 Å². The summed E-state index contributed by atoms with van der Waals surface area (Å²) in [4.78, 5) is 8.74. The van der Waals surface area contributed by atoms with Gasteiger partial charge in [0.2, 0.25) is 5.95 Å². The summed E-state index contributed by atoms with van der Waals surface area (Å²) in [5.41, 5.74) is 1.85. The van der Waals surface area contributed by atoms with Crippen molar-refractivity contribution in [3.05, 3.63) is 39.5 Å². The van der Waals surface area contributed by atoms with Gasteiger partial charge in [-0.25, -0.2) is 4.98 Å². The molecule has 0 saturated carbocycles. The molecule has 4 nitrogen and oxygen atoms in total. The molecular formula is C14H16BrClN4. The third-order valence-electron chi connectivity index (χ3n) is 2.69. The number of hydrogen-bond acceptors (Lipinski definition) is 4. The molecule has 0 bridgehead atoms. The molecule has 106 valence electrons. The molecule has 2 aromatic rings. The fourth-order valence-corrected chi connectivity index (χ4v) is 2.13. The molecule has 0 fully saturated rings. The second-order valence-corrected chi connectivity index (χ2v) is 5.69. The largest absolute Gasteiger partial charge is 0.354 e. The first-order valence-corrected chi connectivity index (χ1v) is 7.57. The third-order valence-corrected chi connectivity index (χ3v) is 3.61. The van der Waals surface area contributed by atoms with Gasteiger partial charge in [0.15, 0.2) is 0 Å². The topological polar surface area (TPSA) is 49.8 Å². The molecule has 0 radical (unpaired) electrons. The zero-order valence-electron chi connectivity index (χ0n) is 11.4. The Hall–Kier alpha value is -1.33. The number of rotatable bonds is 5. The molecule has 6 heteroatoms. The fourth-order valence-electron chi connectivity index (χ4n) is 1.61. The van der Waals surface area contributed by atoms with E-state index in [9.17, 15) is 0 Å². The molecule has 0 amide bonds. The highest BCUT2D eigenvalue weighted by Gasteiger charge is 2.07. The molecular weight excluding hydrogens is 340 g/mol. The summed E-state index contributed by atoms with van der Waals surface area (Å²) in [5, 5.41) is 7.12. The van der Waals surface area contributed by atoms with Crippen molar-refractivity contribution in [3.8, 4) is 0 Å². The van der Waals surface area contributed by atoms with Crippen molar-refractivity contribution in [2.24, 2.45) is 0 Å². The molecule has 2 N–H and O–H groups in total. The number of nitrogens with zero attached hydrogens (tertiary/aromatic N) is 2. The lowest BCUT2D eigenvalue weighted by atomic mass is 10.3. The SMILES string of the molecule is CCCNc1ncc(C)c(Nc2cc(Cl)ccc2Br)n1. The van der Waals surface area contributed by atoms with Crippen LogP contribution in [0.5, 0.6) is 0 Å². The molecule has 0 aliphatic carbocycles. The highest BCUT2D eigenvalue weighted by molar-refractivity contribution is 9.10. The van der Waals surface area contributed by atoms with Crippen molar-refractivity contribution >= 4 is 45.0 Å². The first-order chi connectivity index (χ1) is 9.60. The van der Waals surface area contributed by atoms with Gasteiger partial charge in [-0.05, 0) is 47.5 Å². The summed E-state index contributed by atoms with van der Waals surface area (Å²) in [6, 6.07) is 5.58. The smallest absolute Gasteiger partial charge is 0.224 e. The van der Waals surface area contributed by atoms with Gasteiger partial charge in [0, 0.05) is 27.8 Å². The van der Waals surface area contributed by atoms with Crippen molar-refractivity contribution in [1.82, 2.24) is 9.97 Å². The van der Waals surface area contributed by atoms with E-state index in [1.54, 1.807) is 6.20 Å². The molecule has 1 aromatic heterocycles. The van der Waals surface area contributed by atoms with Gasteiger partial charge in [-0.1, -0.05) is 18.5 Å². The second-order valence-electron chi connectivity index (χ2n) is 4.40.